The molecule has 2 heterocycles. The minimum absolute atomic E-state index is 0.0179. The molecule has 1 aliphatic heterocycles. The number of morpholine rings is 1. The summed E-state index contributed by atoms with van der Waals surface area (Å²) in [7, 11) is 0. The number of thiophene rings is 1. The van der Waals surface area contributed by atoms with Crippen molar-refractivity contribution in [1.29, 1.82) is 0 Å². The summed E-state index contributed by atoms with van der Waals surface area (Å²) in [6.45, 7) is 5.58. The maximum atomic E-state index is 12.8. The van der Waals surface area contributed by atoms with Crippen molar-refractivity contribution in [2.24, 2.45) is 0 Å². The molecule has 2 atom stereocenters. The number of thioether (sulfide) groups is 1. The normalized spacial score (nSPS) is 18.2. The predicted octanol–water partition coefficient (Wildman–Crippen LogP) is 5.22. The van der Waals surface area contributed by atoms with Crippen molar-refractivity contribution in [3.05, 3.63) is 87.6 Å². The quantitative estimate of drug-likeness (QED) is 0.471. The monoisotopic (exact) mass is 480 g/mol. The molecule has 0 spiro atoms. The van der Waals surface area contributed by atoms with Gasteiger partial charge in [0, 0.05) is 40.7 Å². The first kappa shape index (κ1) is 23.5. The van der Waals surface area contributed by atoms with E-state index < -0.39 is 0 Å². The first-order chi connectivity index (χ1) is 16.0. The van der Waals surface area contributed by atoms with Gasteiger partial charge in [-0.15, -0.1) is 23.1 Å². The van der Waals surface area contributed by atoms with Crippen LogP contribution in [0.4, 0.5) is 0 Å². The molecule has 1 saturated heterocycles. The van der Waals surface area contributed by atoms with Crippen LogP contribution in [0.5, 0.6) is 0 Å². The van der Waals surface area contributed by atoms with E-state index in [4.69, 9.17) is 4.74 Å². The summed E-state index contributed by atoms with van der Waals surface area (Å²) >= 11 is 3.39. The van der Waals surface area contributed by atoms with Gasteiger partial charge in [-0.2, -0.15) is 0 Å². The van der Waals surface area contributed by atoms with Crippen LogP contribution < -0.4 is 5.32 Å². The first-order valence-corrected chi connectivity index (χ1v) is 12.9. The number of benzene rings is 2. The fourth-order valence-corrected chi connectivity index (χ4v) is 5.72. The van der Waals surface area contributed by atoms with Crippen LogP contribution in [0.3, 0.4) is 0 Å². The molecule has 33 heavy (non-hydrogen) atoms. The zero-order valence-electron chi connectivity index (χ0n) is 18.8. The third-order valence-electron chi connectivity index (χ3n) is 5.44. The number of rotatable bonds is 7. The van der Waals surface area contributed by atoms with Gasteiger partial charge in [-0.3, -0.25) is 9.59 Å². The van der Waals surface area contributed by atoms with Crippen LogP contribution in [0.25, 0.3) is 0 Å². The second kappa shape index (κ2) is 11.0. The molecule has 1 N–H and O–H groups in total. The van der Waals surface area contributed by atoms with E-state index in [-0.39, 0.29) is 24.0 Å². The molecule has 2 unspecified atom stereocenters. The first-order valence-electron chi connectivity index (χ1n) is 11.1. The Morgan fingerprint density at radius 3 is 2.45 bits per heavy atom. The van der Waals surface area contributed by atoms with E-state index in [0.29, 0.717) is 30.8 Å². The number of nitrogens with zero attached hydrogens (tertiary/aromatic N) is 1. The highest BCUT2D eigenvalue weighted by molar-refractivity contribution is 7.98. The number of hydrogen-bond donors (Lipinski definition) is 1. The molecule has 7 heteroatoms. The average Bonchev–Trinajstić information content (AvgIpc) is 3.34. The lowest BCUT2D eigenvalue weighted by Gasteiger charge is -2.35. The van der Waals surface area contributed by atoms with Crippen molar-refractivity contribution in [1.82, 2.24) is 10.2 Å². The van der Waals surface area contributed by atoms with Crippen LogP contribution >= 0.6 is 23.1 Å². The largest absolute Gasteiger partial charge is 0.372 e. The Bertz CT molecular complexity index is 1070. The molecule has 0 aliphatic carbocycles. The Labute approximate surface area is 203 Å². The van der Waals surface area contributed by atoms with Crippen molar-refractivity contribution in [2.45, 2.75) is 43.2 Å². The van der Waals surface area contributed by atoms with Crippen molar-refractivity contribution in [3.63, 3.8) is 0 Å². The van der Waals surface area contributed by atoms with E-state index in [0.717, 1.165) is 16.2 Å². The van der Waals surface area contributed by atoms with E-state index in [1.165, 1.54) is 4.88 Å². The van der Waals surface area contributed by atoms with Crippen LogP contribution in [0, 0.1) is 0 Å². The number of ether oxygens (including phenoxy) is 1. The highest BCUT2D eigenvalue weighted by Crippen LogP contribution is 2.28. The molecule has 3 aromatic rings. The Balaban J connectivity index is 1.34. The van der Waals surface area contributed by atoms with Gasteiger partial charge < -0.3 is 15.0 Å². The summed E-state index contributed by atoms with van der Waals surface area (Å²) in [6, 6.07) is 19.3. The zero-order valence-corrected chi connectivity index (χ0v) is 20.5. The molecule has 2 aromatic carbocycles. The van der Waals surface area contributed by atoms with E-state index in [1.807, 2.05) is 73.3 Å². The molecule has 0 bridgehead atoms. The summed E-state index contributed by atoms with van der Waals surface area (Å²) in [6.07, 6.45) is 0.0806. The Kier molecular flexibility index (Phi) is 7.85. The van der Waals surface area contributed by atoms with Crippen LogP contribution in [0.1, 0.15) is 45.0 Å². The maximum absolute atomic E-state index is 12.8. The Morgan fingerprint density at radius 2 is 1.76 bits per heavy atom. The molecular formula is C26H28N2O3S2. The van der Waals surface area contributed by atoms with Gasteiger partial charge in [0.15, 0.2) is 0 Å². The van der Waals surface area contributed by atoms with Crippen molar-refractivity contribution < 1.29 is 14.3 Å². The molecule has 2 amide bonds. The molecule has 0 saturated carbocycles. The van der Waals surface area contributed by atoms with Gasteiger partial charge in [-0.25, -0.2) is 0 Å². The van der Waals surface area contributed by atoms with Crippen molar-refractivity contribution >= 4 is 34.9 Å². The molecule has 1 aromatic heterocycles. The number of carbonyl (C=O) groups is 2. The SMILES string of the molecule is CC1CN(C(=O)c2ccc(CNC(=O)c3ccccc3SCc3cccs3)cc2)CC(C)O1. The number of hydrogen-bond acceptors (Lipinski definition) is 5. The van der Waals surface area contributed by atoms with Gasteiger partial charge in [0.1, 0.15) is 0 Å². The lowest BCUT2D eigenvalue weighted by atomic mass is 10.1. The standard InChI is InChI=1S/C26H28N2O3S2/c1-18-15-28(16-19(2)31-18)26(30)21-11-9-20(10-12-21)14-27-25(29)23-7-3-4-8-24(23)33-17-22-6-5-13-32-22/h3-13,18-19H,14-17H2,1-2H3,(H,27,29). The Morgan fingerprint density at radius 1 is 1.03 bits per heavy atom. The van der Waals surface area contributed by atoms with Crippen LogP contribution in [-0.4, -0.2) is 42.0 Å². The topological polar surface area (TPSA) is 58.6 Å². The fraction of sp³-hybridized carbons (Fsp3) is 0.308. The number of carbonyl (C=O) groups excluding carboxylic acids is 2. The molecule has 4 rings (SSSR count). The summed E-state index contributed by atoms with van der Waals surface area (Å²) in [5, 5.41) is 5.08. The van der Waals surface area contributed by atoms with E-state index in [2.05, 4.69) is 16.8 Å². The van der Waals surface area contributed by atoms with Crippen LogP contribution in [0.2, 0.25) is 0 Å². The van der Waals surface area contributed by atoms with Gasteiger partial charge in [-0.1, -0.05) is 30.3 Å². The van der Waals surface area contributed by atoms with Crippen LogP contribution in [-0.2, 0) is 17.0 Å². The summed E-state index contributed by atoms with van der Waals surface area (Å²) in [5.74, 6) is 0.767. The zero-order chi connectivity index (χ0) is 23.2. The minimum atomic E-state index is -0.0966. The molecule has 0 radical (unpaired) electrons. The number of amides is 2. The van der Waals surface area contributed by atoms with Gasteiger partial charge in [0.2, 0.25) is 0 Å². The molecule has 5 nitrogen and oxygen atoms in total. The van der Waals surface area contributed by atoms with Gasteiger partial charge in [-0.05, 0) is 55.1 Å². The fourth-order valence-electron chi connectivity index (χ4n) is 3.89. The molecule has 1 aliphatic rings. The smallest absolute Gasteiger partial charge is 0.254 e. The van der Waals surface area contributed by atoms with Gasteiger partial charge in [0.25, 0.3) is 11.8 Å². The van der Waals surface area contributed by atoms with E-state index in [1.54, 1.807) is 23.1 Å². The Hall–Kier alpha value is -2.61. The average molecular weight is 481 g/mol. The van der Waals surface area contributed by atoms with Crippen molar-refractivity contribution in [3.8, 4) is 0 Å². The van der Waals surface area contributed by atoms with Gasteiger partial charge >= 0.3 is 0 Å². The van der Waals surface area contributed by atoms with Gasteiger partial charge in [0.05, 0.1) is 17.8 Å². The predicted molar refractivity (Wildman–Crippen MR) is 134 cm³/mol. The number of nitrogens with one attached hydrogen (secondary N) is 1. The second-order valence-electron chi connectivity index (χ2n) is 8.21. The third kappa shape index (κ3) is 6.25. The summed E-state index contributed by atoms with van der Waals surface area (Å²) < 4.78 is 5.72. The van der Waals surface area contributed by atoms with E-state index in [9.17, 15) is 9.59 Å². The summed E-state index contributed by atoms with van der Waals surface area (Å²) in [5.41, 5.74) is 2.29. The lowest BCUT2D eigenvalue weighted by Crippen LogP contribution is -2.48. The second-order valence-corrected chi connectivity index (χ2v) is 10.3. The maximum Gasteiger partial charge on any atom is 0.254 e. The summed E-state index contributed by atoms with van der Waals surface area (Å²) in [4.78, 5) is 29.8. The third-order valence-corrected chi connectivity index (χ3v) is 7.62. The highest BCUT2D eigenvalue weighted by Gasteiger charge is 2.26. The molecule has 1 fully saturated rings. The molecular weight excluding hydrogens is 452 g/mol. The highest BCUT2D eigenvalue weighted by atomic mass is 32.2. The molecule has 172 valence electrons. The van der Waals surface area contributed by atoms with E-state index >= 15 is 0 Å². The minimum Gasteiger partial charge on any atom is -0.372 e. The van der Waals surface area contributed by atoms with Crippen molar-refractivity contribution in [2.75, 3.05) is 13.1 Å². The van der Waals surface area contributed by atoms with Crippen LogP contribution in [0.15, 0.2) is 70.9 Å². The lowest BCUT2D eigenvalue weighted by molar-refractivity contribution is -0.0586.